The largest absolute Gasteiger partial charge is 0.353 e. The Bertz CT molecular complexity index is 1900. The minimum absolute atomic E-state index is 0.0593. The average molecular weight is 811 g/mol. The molecular formula is C22H30N14O12S4. The van der Waals surface area contributed by atoms with E-state index in [4.69, 9.17) is 19.6 Å². The van der Waals surface area contributed by atoms with Crippen molar-refractivity contribution >= 4 is 102 Å². The highest BCUT2D eigenvalue weighted by atomic mass is 32.2. The summed E-state index contributed by atoms with van der Waals surface area (Å²) in [6.45, 7) is 0.0351. The lowest BCUT2D eigenvalue weighted by Gasteiger charge is -2.14. The Morgan fingerprint density at radius 3 is 1.25 bits per heavy atom. The maximum atomic E-state index is 11.2. The molecule has 4 aromatic rings. The van der Waals surface area contributed by atoms with Crippen LogP contribution in [0.2, 0.25) is 0 Å². The van der Waals surface area contributed by atoms with Crippen LogP contribution in [0.1, 0.15) is 0 Å². The quantitative estimate of drug-likeness (QED) is 0.0155. The van der Waals surface area contributed by atoms with E-state index in [-0.39, 0.29) is 60.4 Å². The molecule has 0 atom stereocenters. The summed E-state index contributed by atoms with van der Waals surface area (Å²) in [5.41, 5.74) is 0. The van der Waals surface area contributed by atoms with Gasteiger partial charge in [0.1, 0.15) is 0 Å². The lowest BCUT2D eigenvalue weighted by molar-refractivity contribution is -0.432. The summed E-state index contributed by atoms with van der Waals surface area (Å²) < 4.78 is 71.5. The number of fused-ring (bicyclic) bond motifs is 1. The van der Waals surface area contributed by atoms with Crippen molar-refractivity contribution < 1.29 is 55.2 Å². The second-order valence-corrected chi connectivity index (χ2v) is 14.2. The second kappa shape index (κ2) is 20.0. The Kier molecular flexibility index (Phi) is 15.6. The third kappa shape index (κ3) is 14.4. The van der Waals surface area contributed by atoms with Crippen molar-refractivity contribution in [3.05, 3.63) is 24.3 Å². The van der Waals surface area contributed by atoms with Gasteiger partial charge in [0, 0.05) is 72.5 Å². The molecule has 4 rings (SSSR count). The van der Waals surface area contributed by atoms with Gasteiger partial charge in [-0.25, -0.2) is 10.5 Å². The number of anilines is 8. The van der Waals surface area contributed by atoms with Crippen LogP contribution in [-0.2, 0) is 39.0 Å². The third-order valence-corrected chi connectivity index (χ3v) is 8.29. The van der Waals surface area contributed by atoms with Crippen molar-refractivity contribution in [2.45, 2.75) is 0 Å². The van der Waals surface area contributed by atoms with Crippen molar-refractivity contribution in [2.24, 2.45) is 0 Å². The van der Waals surface area contributed by atoms with Crippen molar-refractivity contribution in [2.75, 3.05) is 81.1 Å². The maximum absolute atomic E-state index is 11.2. The van der Waals surface area contributed by atoms with Crippen LogP contribution in [0.3, 0.4) is 0 Å². The number of benzene rings is 1. The second-order valence-electron chi connectivity index (χ2n) is 9.51. The van der Waals surface area contributed by atoms with E-state index in [0.29, 0.717) is 35.4 Å². The highest BCUT2D eigenvalue weighted by Gasteiger charge is 2.16. The Morgan fingerprint density at radius 1 is 0.558 bits per heavy atom. The zero-order valence-electron chi connectivity index (χ0n) is 26.2. The number of rotatable bonds is 24. The molecule has 0 unspecified atom stereocenters. The van der Waals surface area contributed by atoms with Gasteiger partial charge in [0.25, 0.3) is 20.2 Å². The monoisotopic (exact) mass is 810 g/mol. The molecule has 0 fully saturated rings. The third-order valence-electron chi connectivity index (χ3n) is 5.80. The van der Waals surface area contributed by atoms with Crippen LogP contribution in [0.25, 0.3) is 10.8 Å². The van der Waals surface area contributed by atoms with Crippen molar-refractivity contribution in [3.8, 4) is 0 Å². The zero-order valence-corrected chi connectivity index (χ0v) is 29.5. The summed E-state index contributed by atoms with van der Waals surface area (Å²) in [7, 11) is -8.60. The summed E-state index contributed by atoms with van der Waals surface area (Å²) in [6, 6.07) is 6.93. The van der Waals surface area contributed by atoms with Crippen LogP contribution < -0.4 is 31.9 Å². The molecule has 0 saturated carbocycles. The molecule has 0 aliphatic rings. The van der Waals surface area contributed by atoms with E-state index in [1.165, 1.54) is 0 Å². The molecule has 1 aromatic carbocycles. The van der Waals surface area contributed by atoms with Gasteiger partial charge >= 0.3 is 0 Å². The van der Waals surface area contributed by atoms with E-state index in [1.807, 2.05) is 0 Å². The first-order chi connectivity index (χ1) is 24.9. The molecule has 26 nitrogen and oxygen atoms in total. The van der Waals surface area contributed by atoms with Gasteiger partial charge in [-0.3, -0.25) is 9.11 Å². The predicted molar refractivity (Wildman–Crippen MR) is 187 cm³/mol. The molecule has 0 radical (unpaired) electrons. The first-order valence-corrected chi connectivity index (χ1v) is 19.3. The van der Waals surface area contributed by atoms with Gasteiger partial charge in [-0.1, -0.05) is 34.3 Å². The average Bonchev–Trinajstić information content (AvgIpc) is 3.08. The van der Waals surface area contributed by atoms with Gasteiger partial charge in [-0.2, -0.15) is 46.7 Å². The van der Waals surface area contributed by atoms with Crippen LogP contribution in [0.15, 0.2) is 24.3 Å². The molecule has 52 heavy (non-hydrogen) atoms. The predicted octanol–water partition coefficient (Wildman–Crippen LogP) is 1.05. The number of nitrogens with zero attached hydrogens (tertiary/aromatic N) is 8. The summed E-state index contributed by atoms with van der Waals surface area (Å²) in [5.74, 6) is -0.286. The van der Waals surface area contributed by atoms with E-state index in [2.05, 4.69) is 90.7 Å². The van der Waals surface area contributed by atoms with Crippen molar-refractivity contribution in [3.63, 3.8) is 0 Å². The summed E-state index contributed by atoms with van der Waals surface area (Å²) in [6.07, 6.45) is 0. The van der Waals surface area contributed by atoms with Crippen LogP contribution in [0, 0.1) is 0 Å². The van der Waals surface area contributed by atoms with E-state index in [0.717, 1.165) is 24.1 Å². The van der Waals surface area contributed by atoms with Crippen LogP contribution in [0.5, 0.6) is 0 Å². The van der Waals surface area contributed by atoms with Gasteiger partial charge in [0.2, 0.25) is 35.7 Å². The normalized spacial score (nSPS) is 11.7. The van der Waals surface area contributed by atoms with Gasteiger partial charge in [0.15, 0.2) is 11.6 Å². The summed E-state index contributed by atoms with van der Waals surface area (Å²) in [5, 5.41) is 50.5. The fraction of sp³-hybridized carbons (Fsp3) is 0.364. The minimum Gasteiger partial charge on any atom is -0.353 e. The van der Waals surface area contributed by atoms with E-state index >= 15 is 0 Å². The molecule has 0 amide bonds. The Morgan fingerprint density at radius 2 is 0.904 bits per heavy atom. The van der Waals surface area contributed by atoms with Crippen LogP contribution in [-0.4, -0.2) is 126 Å². The molecule has 0 spiro atoms. The summed E-state index contributed by atoms with van der Waals surface area (Å²) >= 11 is 1.65. The number of nitrogens with one attached hydrogen (secondary N) is 6. The smallest absolute Gasteiger partial charge is 0.266 e. The number of hydrogen-bond acceptors (Lipinski definition) is 26. The molecule has 3 heterocycles. The molecule has 3 aromatic heterocycles. The Labute approximate surface area is 302 Å². The molecule has 284 valence electrons. The van der Waals surface area contributed by atoms with Gasteiger partial charge in [-0.15, -0.1) is 18.9 Å². The number of hydrogen-bond donors (Lipinski definition) is 10. The SMILES string of the molecule is O=S(=O)(O)CCNc1nc(NCCS(=O)(=O)O)nc(Nc2nnc(Nc3nc(NCCSOOO)nc(NCCSOOO)n3)c3ccccc23)n1. The van der Waals surface area contributed by atoms with E-state index < -0.39 is 31.7 Å². The fourth-order valence-electron chi connectivity index (χ4n) is 3.78. The number of aromatic nitrogens is 8. The minimum atomic E-state index is -4.30. The highest BCUT2D eigenvalue weighted by molar-refractivity contribution is 7.94. The Balaban J connectivity index is 1.59. The van der Waals surface area contributed by atoms with Gasteiger partial charge in [0.05, 0.1) is 11.5 Å². The molecule has 10 N–H and O–H groups in total. The van der Waals surface area contributed by atoms with Crippen LogP contribution >= 0.6 is 24.1 Å². The van der Waals surface area contributed by atoms with Gasteiger partial charge in [-0.05, 0) is 0 Å². The lowest BCUT2D eigenvalue weighted by Crippen LogP contribution is -2.19. The zero-order chi connectivity index (χ0) is 37.4. The molecule has 0 saturated heterocycles. The Hall–Kier alpha value is -4.34. The van der Waals surface area contributed by atoms with Crippen LogP contribution in [0.4, 0.5) is 47.3 Å². The van der Waals surface area contributed by atoms with Crippen molar-refractivity contribution in [1.29, 1.82) is 0 Å². The van der Waals surface area contributed by atoms with E-state index in [9.17, 15) is 16.8 Å². The molecule has 0 aliphatic carbocycles. The summed E-state index contributed by atoms with van der Waals surface area (Å²) in [4.78, 5) is 25.5. The molecule has 0 aliphatic heterocycles. The molecular weight excluding hydrogens is 781 g/mol. The fourth-order valence-corrected chi connectivity index (χ4v) is 5.10. The van der Waals surface area contributed by atoms with Crippen molar-refractivity contribution in [1.82, 2.24) is 40.1 Å². The van der Waals surface area contributed by atoms with E-state index in [1.54, 1.807) is 24.3 Å². The lowest BCUT2D eigenvalue weighted by atomic mass is 10.1. The molecule has 0 bridgehead atoms. The topological polar surface area (TPSA) is 361 Å². The van der Waals surface area contributed by atoms with Gasteiger partial charge < -0.3 is 31.9 Å². The first kappa shape index (κ1) is 40.4. The molecule has 30 heteroatoms. The first-order valence-electron chi connectivity index (χ1n) is 14.3. The maximum Gasteiger partial charge on any atom is 0.266 e. The standard InChI is InChI=1S/C22H30N14O12S4/c37-45-47-49-9-5-23-17-29-18(24-6-10-50-48-46-38)32-21(31-17)27-15-13-3-1-2-4-14(13)16(36-35-15)28-22-33-19(25-7-11-51(39,40)41)30-20(34-22)26-8-12-52(42,43)44/h1-4,37-38H,5-12H2,(H,39,40,41)(H,42,43,44)(H3,23,24,27,29,31,32,35)(H3,25,26,28,30,33,34,36). The highest BCUT2D eigenvalue weighted by Crippen LogP contribution is 2.29.